The fraction of sp³-hybridized carbons (Fsp3) is 0.294. The Morgan fingerprint density at radius 2 is 2.06 bits per heavy atom. The van der Waals surface area contributed by atoms with Crippen molar-refractivity contribution >= 4 is 17.0 Å². The van der Waals surface area contributed by atoms with Crippen LogP contribution in [-0.2, 0) is 6.54 Å². The summed E-state index contributed by atoms with van der Waals surface area (Å²) in [6.07, 6.45) is 4.94. The van der Waals surface area contributed by atoms with Crippen molar-refractivity contribution in [3.8, 4) is 11.8 Å². The van der Waals surface area contributed by atoms with E-state index in [1.54, 1.807) is 0 Å². The molecule has 2 rings (SSSR count). The number of aryl methyl sites for hydroxylation is 2. The van der Waals surface area contributed by atoms with E-state index in [0.29, 0.717) is 0 Å². The zero-order valence-electron chi connectivity index (χ0n) is 11.3. The van der Waals surface area contributed by atoms with Crippen molar-refractivity contribution in [2.24, 2.45) is 0 Å². The second-order valence-electron chi connectivity index (χ2n) is 4.38. The minimum Gasteiger partial charge on any atom is -0.341 e. The summed E-state index contributed by atoms with van der Waals surface area (Å²) >= 11 is 0. The first-order chi connectivity index (χ1) is 8.76. The van der Waals surface area contributed by atoms with Crippen molar-refractivity contribution in [2.45, 2.75) is 33.7 Å². The first-order valence-corrected chi connectivity index (χ1v) is 6.51. The molecule has 0 saturated heterocycles. The molecule has 1 nitrogen and oxygen atoms in total. The van der Waals surface area contributed by atoms with Crippen LogP contribution in [0.3, 0.4) is 0 Å². The van der Waals surface area contributed by atoms with E-state index < -0.39 is 0 Å². The van der Waals surface area contributed by atoms with Crippen LogP contribution in [0.5, 0.6) is 0 Å². The van der Waals surface area contributed by atoms with Crippen LogP contribution in [0.25, 0.3) is 17.0 Å². The molecule has 0 atom stereocenters. The predicted octanol–water partition coefficient (Wildman–Crippen LogP) is 4.40. The van der Waals surface area contributed by atoms with Gasteiger partial charge >= 0.3 is 0 Å². The van der Waals surface area contributed by atoms with Crippen molar-refractivity contribution in [1.29, 1.82) is 0 Å². The highest BCUT2D eigenvalue weighted by molar-refractivity contribution is 5.84. The molecule has 1 aromatic heterocycles. The number of hydrogen-bond acceptors (Lipinski definition) is 0. The minimum atomic E-state index is 0.903. The van der Waals surface area contributed by atoms with Crippen LogP contribution in [0.1, 0.15) is 31.5 Å². The third kappa shape index (κ3) is 2.49. The summed E-state index contributed by atoms with van der Waals surface area (Å²) < 4.78 is 2.32. The summed E-state index contributed by atoms with van der Waals surface area (Å²) in [5.41, 5.74) is 3.83. The third-order valence-electron chi connectivity index (χ3n) is 3.02. The molecule has 1 aromatic carbocycles. The molecule has 18 heavy (non-hydrogen) atoms. The first-order valence-electron chi connectivity index (χ1n) is 6.51. The lowest BCUT2D eigenvalue weighted by molar-refractivity contribution is 0.789. The van der Waals surface area contributed by atoms with Gasteiger partial charge in [-0.1, -0.05) is 30.4 Å². The predicted molar refractivity (Wildman–Crippen MR) is 79.5 cm³/mol. The molecule has 2 aromatic rings. The van der Waals surface area contributed by atoms with Crippen molar-refractivity contribution < 1.29 is 0 Å². The lowest BCUT2D eigenvalue weighted by atomic mass is 10.2. The van der Waals surface area contributed by atoms with Crippen LogP contribution >= 0.6 is 0 Å². The lowest BCUT2D eigenvalue weighted by Crippen LogP contribution is -1.95. The second kappa shape index (κ2) is 5.60. The van der Waals surface area contributed by atoms with Crippen LogP contribution in [0.4, 0.5) is 0 Å². The van der Waals surface area contributed by atoms with Gasteiger partial charge in [0.2, 0.25) is 0 Å². The molecule has 0 radical (unpaired) electrons. The van der Waals surface area contributed by atoms with E-state index in [-0.39, 0.29) is 0 Å². The molecule has 0 saturated carbocycles. The van der Waals surface area contributed by atoms with E-state index in [0.717, 1.165) is 13.0 Å². The van der Waals surface area contributed by atoms with Crippen LogP contribution in [0, 0.1) is 18.8 Å². The highest BCUT2D eigenvalue weighted by atomic mass is 15.0. The molecular weight excluding hydrogens is 218 g/mol. The zero-order valence-corrected chi connectivity index (χ0v) is 11.3. The summed E-state index contributed by atoms with van der Waals surface area (Å²) in [6, 6.07) is 8.83. The summed E-state index contributed by atoms with van der Waals surface area (Å²) in [5, 5.41) is 1.31. The minimum absolute atomic E-state index is 0.903. The van der Waals surface area contributed by atoms with E-state index >= 15 is 0 Å². The Labute approximate surface area is 109 Å². The Hall–Kier alpha value is -1.94. The molecule has 0 fully saturated rings. The average molecular weight is 237 g/mol. The van der Waals surface area contributed by atoms with E-state index in [9.17, 15) is 0 Å². The number of aromatic nitrogens is 1. The van der Waals surface area contributed by atoms with E-state index in [4.69, 9.17) is 0 Å². The van der Waals surface area contributed by atoms with Crippen molar-refractivity contribution in [2.75, 3.05) is 0 Å². The van der Waals surface area contributed by atoms with Gasteiger partial charge in [-0.05, 0) is 44.2 Å². The number of nitrogens with zero attached hydrogens (tertiary/aromatic N) is 1. The molecule has 1 heteroatoms. The molecule has 0 aliphatic carbocycles. The van der Waals surface area contributed by atoms with Crippen LogP contribution < -0.4 is 0 Å². The smallest absolute Gasteiger partial charge is 0.0485 e. The Balaban J connectivity index is 2.47. The van der Waals surface area contributed by atoms with E-state index in [1.807, 2.05) is 6.08 Å². The Morgan fingerprint density at radius 1 is 1.22 bits per heavy atom. The van der Waals surface area contributed by atoms with Gasteiger partial charge in [-0.15, -0.1) is 0 Å². The summed E-state index contributed by atoms with van der Waals surface area (Å²) in [5.74, 6) is 6.10. The standard InChI is InChI=1S/C17H19N/c1-4-6-7-8-9-16-13-15-12-14(3)10-11-17(15)18(16)5-2/h8-13H,4-5H2,1-3H3/b9-8-. The second-order valence-corrected chi connectivity index (χ2v) is 4.38. The summed E-state index contributed by atoms with van der Waals surface area (Å²) in [6.45, 7) is 7.35. The topological polar surface area (TPSA) is 4.93 Å². The molecular formula is C17H19N. The normalized spacial score (nSPS) is 10.8. The molecule has 0 aliphatic heterocycles. The van der Waals surface area contributed by atoms with E-state index in [1.165, 1.54) is 22.2 Å². The SMILES string of the molecule is CCC#C/C=C\c1cc2cc(C)ccc2n1CC. The van der Waals surface area contributed by atoms with Gasteiger partial charge in [0.05, 0.1) is 0 Å². The monoisotopic (exact) mass is 237 g/mol. The number of hydrogen-bond donors (Lipinski definition) is 0. The molecule has 0 spiro atoms. The maximum Gasteiger partial charge on any atom is 0.0485 e. The largest absolute Gasteiger partial charge is 0.341 e. The highest BCUT2D eigenvalue weighted by Crippen LogP contribution is 2.22. The third-order valence-corrected chi connectivity index (χ3v) is 3.02. The van der Waals surface area contributed by atoms with Crippen molar-refractivity contribution in [3.05, 3.63) is 41.6 Å². The van der Waals surface area contributed by atoms with Gasteiger partial charge in [-0.25, -0.2) is 0 Å². The zero-order chi connectivity index (χ0) is 13.0. The van der Waals surface area contributed by atoms with Crippen LogP contribution in [-0.4, -0.2) is 4.57 Å². The van der Waals surface area contributed by atoms with E-state index in [2.05, 4.69) is 67.5 Å². The van der Waals surface area contributed by atoms with Crippen LogP contribution in [0.2, 0.25) is 0 Å². The molecule has 0 aliphatic rings. The molecule has 1 heterocycles. The number of rotatable bonds is 2. The fourth-order valence-electron chi connectivity index (χ4n) is 2.19. The first kappa shape index (κ1) is 12.5. The number of benzene rings is 1. The molecule has 0 bridgehead atoms. The highest BCUT2D eigenvalue weighted by Gasteiger charge is 2.04. The van der Waals surface area contributed by atoms with Gasteiger partial charge < -0.3 is 4.57 Å². The number of fused-ring (bicyclic) bond motifs is 1. The lowest BCUT2D eigenvalue weighted by Gasteiger charge is -2.04. The van der Waals surface area contributed by atoms with Gasteiger partial charge in [-0.3, -0.25) is 0 Å². The number of allylic oxidation sites excluding steroid dienone is 1. The van der Waals surface area contributed by atoms with Crippen molar-refractivity contribution in [3.63, 3.8) is 0 Å². The van der Waals surface area contributed by atoms with Crippen LogP contribution in [0.15, 0.2) is 30.3 Å². The van der Waals surface area contributed by atoms with Gasteiger partial charge in [0.25, 0.3) is 0 Å². The van der Waals surface area contributed by atoms with Gasteiger partial charge in [0, 0.05) is 29.6 Å². The van der Waals surface area contributed by atoms with Gasteiger partial charge in [0.1, 0.15) is 0 Å². The quantitative estimate of drug-likeness (QED) is 0.682. The van der Waals surface area contributed by atoms with Gasteiger partial charge in [0.15, 0.2) is 0 Å². The van der Waals surface area contributed by atoms with Crippen molar-refractivity contribution in [1.82, 2.24) is 4.57 Å². The maximum absolute atomic E-state index is 3.05. The molecule has 0 unspecified atom stereocenters. The summed E-state index contributed by atoms with van der Waals surface area (Å²) in [7, 11) is 0. The van der Waals surface area contributed by atoms with Gasteiger partial charge in [-0.2, -0.15) is 0 Å². The molecule has 0 amide bonds. The maximum atomic E-state index is 3.05. The Morgan fingerprint density at radius 3 is 2.78 bits per heavy atom. The molecule has 92 valence electrons. The average Bonchev–Trinajstić information content (AvgIpc) is 2.71. The molecule has 0 N–H and O–H groups in total. The Bertz CT molecular complexity index is 633. The Kier molecular flexibility index (Phi) is 3.89. The summed E-state index contributed by atoms with van der Waals surface area (Å²) in [4.78, 5) is 0. The fourth-order valence-corrected chi connectivity index (χ4v) is 2.19.